The number of hydrogen-bond acceptors (Lipinski definition) is 3. The molecule has 0 heterocycles. The Hall–Kier alpha value is -0.860. The van der Waals surface area contributed by atoms with E-state index in [0.717, 1.165) is 12.8 Å². The molecule has 0 aliphatic carbocycles. The van der Waals surface area contributed by atoms with Gasteiger partial charge in [0.15, 0.2) is 0 Å². The molecule has 0 aromatic rings. The molecule has 3 nitrogen and oxygen atoms in total. The van der Waals surface area contributed by atoms with Crippen molar-refractivity contribution in [3.8, 4) is 0 Å². The quantitative estimate of drug-likeness (QED) is 0.483. The van der Waals surface area contributed by atoms with Crippen LogP contribution in [0.1, 0.15) is 46.5 Å². The van der Waals surface area contributed by atoms with Crippen LogP contribution in [0.25, 0.3) is 0 Å². The van der Waals surface area contributed by atoms with Crippen molar-refractivity contribution in [2.45, 2.75) is 46.5 Å². The fraction of sp³-hybridized carbons (Fsp3) is 0.833. The number of hydrogen-bond donors (Lipinski definition) is 0. The first-order valence-electron chi connectivity index (χ1n) is 5.58. The van der Waals surface area contributed by atoms with Crippen LogP contribution in [0.15, 0.2) is 0 Å². The lowest BCUT2D eigenvalue weighted by molar-refractivity contribution is -0.152. The third-order valence-corrected chi connectivity index (χ3v) is 2.43. The summed E-state index contributed by atoms with van der Waals surface area (Å²) in [5.41, 5.74) is 0. The summed E-state index contributed by atoms with van der Waals surface area (Å²) in [5, 5.41) is 0. The molecule has 88 valence electrons. The lowest BCUT2D eigenvalue weighted by atomic mass is 9.96. The Balaban J connectivity index is 3.69. The van der Waals surface area contributed by atoms with Crippen LogP contribution in [0.5, 0.6) is 0 Å². The van der Waals surface area contributed by atoms with Gasteiger partial charge in [0, 0.05) is 6.42 Å². The van der Waals surface area contributed by atoms with Crippen molar-refractivity contribution in [1.29, 1.82) is 0 Å². The number of esters is 1. The second-order valence-electron chi connectivity index (χ2n) is 4.55. The maximum atomic E-state index is 11.2. The zero-order chi connectivity index (χ0) is 11.8. The van der Waals surface area contributed by atoms with Crippen LogP contribution in [-0.4, -0.2) is 18.9 Å². The Morgan fingerprint density at radius 1 is 1.13 bits per heavy atom. The van der Waals surface area contributed by atoms with E-state index in [4.69, 9.17) is 0 Å². The van der Waals surface area contributed by atoms with Gasteiger partial charge in [0.2, 0.25) is 5.78 Å². The molecule has 0 aromatic heterocycles. The van der Waals surface area contributed by atoms with Crippen molar-refractivity contribution in [3.05, 3.63) is 0 Å². The van der Waals surface area contributed by atoms with Crippen molar-refractivity contribution >= 4 is 11.8 Å². The van der Waals surface area contributed by atoms with Gasteiger partial charge < -0.3 is 4.74 Å². The van der Waals surface area contributed by atoms with Crippen LogP contribution < -0.4 is 0 Å². The van der Waals surface area contributed by atoms with Gasteiger partial charge in [-0.05, 0) is 11.8 Å². The van der Waals surface area contributed by atoms with E-state index >= 15 is 0 Å². The molecule has 0 aromatic carbocycles. The maximum Gasteiger partial charge on any atom is 0.374 e. The fourth-order valence-electron chi connectivity index (χ4n) is 1.49. The van der Waals surface area contributed by atoms with E-state index in [0.29, 0.717) is 12.3 Å². The highest BCUT2D eigenvalue weighted by Crippen LogP contribution is 2.15. The van der Waals surface area contributed by atoms with Gasteiger partial charge >= 0.3 is 5.97 Å². The molecule has 3 heteroatoms. The molecule has 1 unspecified atom stereocenters. The van der Waals surface area contributed by atoms with Gasteiger partial charge in [0.05, 0.1) is 7.11 Å². The summed E-state index contributed by atoms with van der Waals surface area (Å²) in [7, 11) is 1.24. The highest BCUT2D eigenvalue weighted by atomic mass is 16.5. The summed E-state index contributed by atoms with van der Waals surface area (Å²) >= 11 is 0. The van der Waals surface area contributed by atoms with Crippen molar-refractivity contribution in [2.75, 3.05) is 7.11 Å². The SMILES string of the molecule is COC(=O)C(=O)CC(C)CCCC(C)C. The third kappa shape index (κ3) is 7.11. The van der Waals surface area contributed by atoms with Gasteiger partial charge in [-0.1, -0.05) is 40.0 Å². The van der Waals surface area contributed by atoms with Gasteiger partial charge in [-0.2, -0.15) is 0 Å². The van der Waals surface area contributed by atoms with Crippen LogP contribution in [0.2, 0.25) is 0 Å². The van der Waals surface area contributed by atoms with Crippen LogP contribution in [0.4, 0.5) is 0 Å². The summed E-state index contributed by atoms with van der Waals surface area (Å²) < 4.78 is 4.37. The minimum Gasteiger partial charge on any atom is -0.463 e. The minimum atomic E-state index is -0.717. The first-order chi connectivity index (χ1) is 6.97. The average molecular weight is 214 g/mol. The summed E-state index contributed by atoms with van der Waals surface area (Å²) in [6.45, 7) is 6.37. The maximum absolute atomic E-state index is 11.2. The Morgan fingerprint density at radius 2 is 1.73 bits per heavy atom. The lowest BCUT2D eigenvalue weighted by Gasteiger charge is -2.10. The van der Waals surface area contributed by atoms with E-state index in [-0.39, 0.29) is 5.92 Å². The molecule has 0 fully saturated rings. The van der Waals surface area contributed by atoms with Crippen molar-refractivity contribution in [3.63, 3.8) is 0 Å². The van der Waals surface area contributed by atoms with Gasteiger partial charge in [-0.25, -0.2) is 4.79 Å². The van der Waals surface area contributed by atoms with Crippen LogP contribution >= 0.6 is 0 Å². The molecule has 0 rings (SSSR count). The minimum absolute atomic E-state index is 0.273. The van der Waals surface area contributed by atoms with E-state index < -0.39 is 11.8 Å². The molecule has 0 amide bonds. The zero-order valence-electron chi connectivity index (χ0n) is 10.2. The van der Waals surface area contributed by atoms with E-state index in [1.165, 1.54) is 13.5 Å². The monoisotopic (exact) mass is 214 g/mol. The van der Waals surface area contributed by atoms with E-state index in [1.54, 1.807) is 0 Å². The average Bonchev–Trinajstić information content (AvgIpc) is 2.15. The summed E-state index contributed by atoms with van der Waals surface area (Å²) in [6, 6.07) is 0. The number of Topliss-reactive ketones (excluding diaryl/α,β-unsaturated/α-hetero) is 1. The second kappa shape index (κ2) is 7.43. The Labute approximate surface area is 92.2 Å². The molecule has 1 atom stereocenters. The van der Waals surface area contributed by atoms with E-state index in [1.807, 2.05) is 6.92 Å². The second-order valence-corrected chi connectivity index (χ2v) is 4.55. The zero-order valence-corrected chi connectivity index (χ0v) is 10.2. The Morgan fingerprint density at radius 3 is 2.20 bits per heavy atom. The molecule has 0 bridgehead atoms. The smallest absolute Gasteiger partial charge is 0.374 e. The predicted molar refractivity (Wildman–Crippen MR) is 59.5 cm³/mol. The van der Waals surface area contributed by atoms with Gasteiger partial charge in [-0.3, -0.25) is 4.79 Å². The molecule has 0 radical (unpaired) electrons. The van der Waals surface area contributed by atoms with E-state index in [2.05, 4.69) is 18.6 Å². The standard InChI is InChI=1S/C12H22O3/c1-9(2)6-5-7-10(3)8-11(13)12(14)15-4/h9-10H,5-8H2,1-4H3. The molecule has 0 N–H and O–H groups in total. The van der Waals surface area contributed by atoms with Crippen LogP contribution in [0, 0.1) is 11.8 Å². The predicted octanol–water partition coefficient (Wildman–Crippen LogP) is 2.58. The van der Waals surface area contributed by atoms with Gasteiger partial charge in [0.25, 0.3) is 0 Å². The number of ether oxygens (including phenoxy) is 1. The van der Waals surface area contributed by atoms with Gasteiger partial charge in [0.1, 0.15) is 0 Å². The number of methoxy groups -OCH3 is 1. The van der Waals surface area contributed by atoms with Crippen molar-refractivity contribution < 1.29 is 14.3 Å². The Bertz CT molecular complexity index is 209. The summed E-state index contributed by atoms with van der Waals surface area (Å²) in [4.78, 5) is 22.1. The first kappa shape index (κ1) is 14.1. The van der Waals surface area contributed by atoms with Crippen LogP contribution in [0.3, 0.4) is 0 Å². The highest BCUT2D eigenvalue weighted by molar-refractivity contribution is 6.33. The number of rotatable bonds is 7. The first-order valence-corrected chi connectivity index (χ1v) is 5.58. The fourth-order valence-corrected chi connectivity index (χ4v) is 1.49. The number of carbonyl (C=O) groups excluding carboxylic acids is 2. The lowest BCUT2D eigenvalue weighted by Crippen LogP contribution is -2.18. The third-order valence-electron chi connectivity index (χ3n) is 2.43. The van der Waals surface area contributed by atoms with E-state index in [9.17, 15) is 9.59 Å². The molecule has 0 aliphatic heterocycles. The molecule has 0 spiro atoms. The molecule has 0 aliphatic rings. The summed E-state index contributed by atoms with van der Waals surface area (Å²) in [5.74, 6) is -0.149. The summed E-state index contributed by atoms with van der Waals surface area (Å²) in [6.07, 6.45) is 3.61. The topological polar surface area (TPSA) is 43.4 Å². The van der Waals surface area contributed by atoms with Crippen molar-refractivity contribution in [1.82, 2.24) is 0 Å². The number of ketones is 1. The van der Waals surface area contributed by atoms with Gasteiger partial charge in [-0.15, -0.1) is 0 Å². The molecular formula is C12H22O3. The largest absolute Gasteiger partial charge is 0.463 e. The number of carbonyl (C=O) groups is 2. The highest BCUT2D eigenvalue weighted by Gasteiger charge is 2.17. The normalized spacial score (nSPS) is 12.6. The molecule has 0 saturated heterocycles. The van der Waals surface area contributed by atoms with Crippen molar-refractivity contribution in [2.24, 2.45) is 11.8 Å². The molecule has 0 saturated carbocycles. The van der Waals surface area contributed by atoms with Crippen LogP contribution in [-0.2, 0) is 14.3 Å². The molecular weight excluding hydrogens is 192 g/mol. The Kier molecular flexibility index (Phi) is 7.01. The molecule has 15 heavy (non-hydrogen) atoms.